The summed E-state index contributed by atoms with van der Waals surface area (Å²) in [5.41, 5.74) is 5.37. The molecule has 0 spiro atoms. The summed E-state index contributed by atoms with van der Waals surface area (Å²) in [5, 5.41) is 0. The Labute approximate surface area is 209 Å². The van der Waals surface area contributed by atoms with E-state index < -0.39 is 0 Å². The van der Waals surface area contributed by atoms with Crippen LogP contribution in [0.15, 0.2) is 61.2 Å². The van der Waals surface area contributed by atoms with E-state index in [1.165, 1.54) is 0 Å². The number of benzene rings is 2. The van der Waals surface area contributed by atoms with Gasteiger partial charge < -0.3 is 9.47 Å². The molecular formula is C31H36O4. The van der Waals surface area contributed by atoms with E-state index in [2.05, 4.69) is 39.1 Å². The van der Waals surface area contributed by atoms with Gasteiger partial charge in [-0.05, 0) is 53.2 Å². The van der Waals surface area contributed by atoms with Crippen LogP contribution in [-0.4, -0.2) is 18.4 Å². The normalized spacial score (nSPS) is 18.6. The molecule has 0 N–H and O–H groups in total. The topological polar surface area (TPSA) is 52.6 Å². The van der Waals surface area contributed by atoms with Crippen LogP contribution in [0.2, 0.25) is 0 Å². The van der Waals surface area contributed by atoms with Gasteiger partial charge in [0.25, 0.3) is 0 Å². The van der Waals surface area contributed by atoms with E-state index in [1.54, 1.807) is 0 Å². The Balaban J connectivity index is 1.42. The number of allylic oxidation sites excluding steroid dienone is 2. The quantitative estimate of drug-likeness (QED) is 0.259. The first-order valence-corrected chi connectivity index (χ1v) is 12.7. The standard InChI is InChI=1S/C31H36O4/c1-20(2)15-24(32)9-5-6-10-26-21(3)27-11-7-8-12-28(27)29(22(26)4)18-25(33)16-23-13-14-30-31(17-23)35-19-34-30/h7-8,11-14,17,20,26,29H,3-6,9-10,15-16,18-19H2,1-2H3. The first kappa shape index (κ1) is 25.0. The summed E-state index contributed by atoms with van der Waals surface area (Å²) in [6.45, 7) is 13.3. The van der Waals surface area contributed by atoms with Crippen molar-refractivity contribution < 1.29 is 19.1 Å². The summed E-state index contributed by atoms with van der Waals surface area (Å²) in [4.78, 5) is 25.3. The highest BCUT2D eigenvalue weighted by Crippen LogP contribution is 2.47. The van der Waals surface area contributed by atoms with Crippen LogP contribution >= 0.6 is 0 Å². The van der Waals surface area contributed by atoms with Crippen LogP contribution in [0.25, 0.3) is 5.57 Å². The Morgan fingerprint density at radius 3 is 2.54 bits per heavy atom. The molecule has 2 aromatic carbocycles. The maximum atomic E-state index is 13.2. The number of unbranched alkanes of at least 4 members (excludes halogenated alkanes) is 1. The Hall–Kier alpha value is -3.14. The smallest absolute Gasteiger partial charge is 0.231 e. The van der Waals surface area contributed by atoms with Crippen molar-refractivity contribution in [1.82, 2.24) is 0 Å². The highest BCUT2D eigenvalue weighted by Gasteiger charge is 2.33. The van der Waals surface area contributed by atoms with Gasteiger partial charge in [-0.25, -0.2) is 0 Å². The van der Waals surface area contributed by atoms with Crippen LogP contribution < -0.4 is 9.47 Å². The molecule has 0 fully saturated rings. The van der Waals surface area contributed by atoms with Gasteiger partial charge in [-0.3, -0.25) is 9.59 Å². The molecule has 4 heteroatoms. The molecule has 0 radical (unpaired) electrons. The summed E-state index contributed by atoms with van der Waals surface area (Å²) in [5.74, 6) is 2.47. The van der Waals surface area contributed by atoms with E-state index in [4.69, 9.17) is 9.47 Å². The predicted octanol–water partition coefficient (Wildman–Crippen LogP) is 7.08. The summed E-state index contributed by atoms with van der Waals surface area (Å²) < 4.78 is 10.8. The van der Waals surface area contributed by atoms with Gasteiger partial charge in [0.2, 0.25) is 6.79 Å². The third kappa shape index (κ3) is 5.93. The molecule has 0 bridgehead atoms. The highest BCUT2D eigenvalue weighted by atomic mass is 16.7. The molecular weight excluding hydrogens is 436 g/mol. The zero-order chi connectivity index (χ0) is 24.9. The van der Waals surface area contributed by atoms with Gasteiger partial charge >= 0.3 is 0 Å². The number of ether oxygens (including phenoxy) is 2. The lowest BCUT2D eigenvalue weighted by molar-refractivity contribution is -0.120. The lowest BCUT2D eigenvalue weighted by Gasteiger charge is -2.36. The van der Waals surface area contributed by atoms with Crippen LogP contribution in [0.4, 0.5) is 0 Å². The molecule has 184 valence electrons. The lowest BCUT2D eigenvalue weighted by Crippen LogP contribution is -2.23. The van der Waals surface area contributed by atoms with Crippen LogP contribution in [0.1, 0.15) is 75.0 Å². The number of ketones is 2. The molecule has 2 unspecified atom stereocenters. The number of fused-ring (bicyclic) bond motifs is 2. The van der Waals surface area contributed by atoms with Gasteiger partial charge in [0.15, 0.2) is 11.5 Å². The maximum absolute atomic E-state index is 13.2. The molecule has 4 rings (SSSR count). The molecule has 35 heavy (non-hydrogen) atoms. The van der Waals surface area contributed by atoms with Gasteiger partial charge in [-0.1, -0.05) is 69.3 Å². The van der Waals surface area contributed by atoms with Crippen molar-refractivity contribution >= 4 is 17.1 Å². The van der Waals surface area contributed by atoms with Crippen molar-refractivity contribution in [3.05, 3.63) is 77.9 Å². The second-order valence-corrected chi connectivity index (χ2v) is 10.3. The number of rotatable bonds is 11. The molecule has 0 saturated heterocycles. The summed E-state index contributed by atoms with van der Waals surface area (Å²) in [7, 11) is 0. The first-order valence-electron chi connectivity index (χ1n) is 12.7. The minimum Gasteiger partial charge on any atom is -0.454 e. The molecule has 1 aliphatic heterocycles. The average molecular weight is 473 g/mol. The molecule has 0 aromatic heterocycles. The van der Waals surface area contributed by atoms with E-state index in [0.29, 0.717) is 43.1 Å². The monoisotopic (exact) mass is 472 g/mol. The Morgan fingerprint density at radius 1 is 0.971 bits per heavy atom. The van der Waals surface area contributed by atoms with Crippen molar-refractivity contribution in [3.63, 3.8) is 0 Å². The van der Waals surface area contributed by atoms with Crippen molar-refractivity contribution in [1.29, 1.82) is 0 Å². The third-order valence-corrected chi connectivity index (χ3v) is 7.10. The number of carbonyl (C=O) groups excluding carboxylic acids is 2. The van der Waals surface area contributed by atoms with Crippen molar-refractivity contribution in [2.24, 2.45) is 11.8 Å². The zero-order valence-electron chi connectivity index (χ0n) is 21.0. The molecule has 2 aromatic rings. The fourth-order valence-electron chi connectivity index (χ4n) is 5.35. The van der Waals surface area contributed by atoms with Gasteiger partial charge in [0.05, 0.1) is 0 Å². The first-order chi connectivity index (χ1) is 16.8. The Bertz CT molecular complexity index is 1130. The van der Waals surface area contributed by atoms with E-state index >= 15 is 0 Å². The fraction of sp³-hybridized carbons (Fsp3) is 0.419. The van der Waals surface area contributed by atoms with Crippen molar-refractivity contribution in [2.75, 3.05) is 6.79 Å². The highest BCUT2D eigenvalue weighted by molar-refractivity contribution is 5.84. The summed E-state index contributed by atoms with van der Waals surface area (Å²) >= 11 is 0. The zero-order valence-corrected chi connectivity index (χ0v) is 21.0. The van der Waals surface area contributed by atoms with Crippen LogP contribution in [0, 0.1) is 11.8 Å². The van der Waals surface area contributed by atoms with Crippen LogP contribution in [-0.2, 0) is 16.0 Å². The Morgan fingerprint density at radius 2 is 1.74 bits per heavy atom. The van der Waals surface area contributed by atoms with E-state index in [9.17, 15) is 9.59 Å². The van der Waals surface area contributed by atoms with E-state index in [1.807, 2.05) is 30.3 Å². The average Bonchev–Trinajstić information content (AvgIpc) is 3.29. The molecule has 1 heterocycles. The second-order valence-electron chi connectivity index (χ2n) is 10.3. The largest absolute Gasteiger partial charge is 0.454 e. The number of hydrogen-bond donors (Lipinski definition) is 0. The van der Waals surface area contributed by atoms with Gasteiger partial charge in [0.1, 0.15) is 11.6 Å². The molecule has 2 atom stereocenters. The number of hydrogen-bond acceptors (Lipinski definition) is 4. The number of carbonyl (C=O) groups is 2. The van der Waals surface area contributed by atoms with Crippen molar-refractivity contribution in [2.45, 2.75) is 64.7 Å². The second kappa shape index (κ2) is 11.1. The molecule has 1 aliphatic carbocycles. The van der Waals surface area contributed by atoms with Crippen LogP contribution in [0.5, 0.6) is 11.5 Å². The molecule has 4 nitrogen and oxygen atoms in total. The van der Waals surface area contributed by atoms with Gasteiger partial charge in [-0.2, -0.15) is 0 Å². The minimum atomic E-state index is -0.0224. The van der Waals surface area contributed by atoms with Gasteiger partial charge in [0, 0.05) is 37.5 Å². The Kier molecular flexibility index (Phi) is 7.90. The molecule has 0 saturated carbocycles. The van der Waals surface area contributed by atoms with Gasteiger partial charge in [-0.15, -0.1) is 0 Å². The minimum absolute atomic E-state index is 0.0224. The van der Waals surface area contributed by atoms with Crippen LogP contribution in [0.3, 0.4) is 0 Å². The number of Topliss-reactive ketones (excluding diaryl/α,β-unsaturated/α-hetero) is 2. The summed E-state index contributed by atoms with van der Waals surface area (Å²) in [6.07, 6.45) is 4.81. The maximum Gasteiger partial charge on any atom is 0.231 e. The fourth-order valence-corrected chi connectivity index (χ4v) is 5.35. The van der Waals surface area contributed by atoms with Crippen molar-refractivity contribution in [3.8, 4) is 11.5 Å². The molecule has 0 amide bonds. The SMILES string of the molecule is C=C1c2ccccc2C(CC(=O)Cc2ccc3c(c2)OCO3)C(=C)C1CCCCC(=O)CC(C)C. The van der Waals surface area contributed by atoms with E-state index in [0.717, 1.165) is 52.8 Å². The summed E-state index contributed by atoms with van der Waals surface area (Å²) in [6, 6.07) is 14.0. The lowest BCUT2D eigenvalue weighted by atomic mass is 9.68. The van der Waals surface area contributed by atoms with E-state index in [-0.39, 0.29) is 24.4 Å². The third-order valence-electron chi connectivity index (χ3n) is 7.10. The predicted molar refractivity (Wildman–Crippen MR) is 140 cm³/mol. The molecule has 2 aliphatic rings.